The first-order valence-corrected chi connectivity index (χ1v) is 6.06. The Kier molecular flexibility index (Phi) is 3.66. The van der Waals surface area contributed by atoms with E-state index in [4.69, 9.17) is 4.74 Å². The van der Waals surface area contributed by atoms with Crippen LogP contribution in [0.15, 0.2) is 42.5 Å². The van der Waals surface area contributed by atoms with Gasteiger partial charge in [-0.25, -0.2) is 4.39 Å². The second-order valence-electron chi connectivity index (χ2n) is 4.59. The monoisotopic (exact) mass is 244 g/mol. The van der Waals surface area contributed by atoms with Crippen LogP contribution in [0.4, 0.5) is 4.39 Å². The fourth-order valence-electron chi connectivity index (χ4n) is 2.09. The van der Waals surface area contributed by atoms with Crippen molar-refractivity contribution in [2.45, 2.75) is 19.8 Å². The predicted octanol–water partition coefficient (Wildman–Crippen LogP) is 4.62. The van der Waals surface area contributed by atoms with E-state index in [1.54, 1.807) is 19.2 Å². The van der Waals surface area contributed by atoms with E-state index in [-0.39, 0.29) is 5.82 Å². The van der Waals surface area contributed by atoms with Gasteiger partial charge in [0, 0.05) is 5.56 Å². The van der Waals surface area contributed by atoms with E-state index in [1.807, 2.05) is 12.1 Å². The quantitative estimate of drug-likeness (QED) is 0.765. The van der Waals surface area contributed by atoms with E-state index in [1.165, 1.54) is 17.7 Å². The van der Waals surface area contributed by atoms with Gasteiger partial charge in [-0.2, -0.15) is 0 Å². The number of hydrogen-bond donors (Lipinski definition) is 0. The molecule has 0 radical (unpaired) electrons. The van der Waals surface area contributed by atoms with E-state index < -0.39 is 0 Å². The zero-order chi connectivity index (χ0) is 13.1. The molecule has 0 aliphatic rings. The fourth-order valence-corrected chi connectivity index (χ4v) is 2.09. The van der Waals surface area contributed by atoms with Crippen molar-refractivity contribution in [2.24, 2.45) is 0 Å². The lowest BCUT2D eigenvalue weighted by Gasteiger charge is -2.16. The molecule has 18 heavy (non-hydrogen) atoms. The Balaban J connectivity index is 2.57. The highest BCUT2D eigenvalue weighted by molar-refractivity contribution is 5.72. The summed E-state index contributed by atoms with van der Waals surface area (Å²) < 4.78 is 18.5. The number of rotatable bonds is 3. The number of methoxy groups -OCH3 is 1. The molecule has 2 rings (SSSR count). The summed E-state index contributed by atoms with van der Waals surface area (Å²) in [5, 5.41) is 0. The van der Waals surface area contributed by atoms with Crippen molar-refractivity contribution >= 4 is 0 Å². The Morgan fingerprint density at radius 3 is 2.22 bits per heavy atom. The number of benzene rings is 2. The molecule has 0 amide bonds. The van der Waals surface area contributed by atoms with E-state index in [2.05, 4.69) is 19.9 Å². The average molecular weight is 244 g/mol. The summed E-state index contributed by atoms with van der Waals surface area (Å²) in [6, 6.07) is 12.6. The Morgan fingerprint density at radius 1 is 1.00 bits per heavy atom. The molecule has 2 heteroatoms. The summed E-state index contributed by atoms with van der Waals surface area (Å²) in [4.78, 5) is 0. The third-order valence-electron chi connectivity index (χ3n) is 3.03. The van der Waals surface area contributed by atoms with Crippen LogP contribution in [0.3, 0.4) is 0 Å². The first-order valence-electron chi connectivity index (χ1n) is 6.06. The minimum absolute atomic E-state index is 0.224. The van der Waals surface area contributed by atoms with Crippen molar-refractivity contribution in [2.75, 3.05) is 7.11 Å². The zero-order valence-corrected chi connectivity index (χ0v) is 10.9. The number of halogens is 1. The van der Waals surface area contributed by atoms with E-state index in [0.29, 0.717) is 5.92 Å². The summed E-state index contributed by atoms with van der Waals surface area (Å²) in [5.41, 5.74) is 3.14. The van der Waals surface area contributed by atoms with Crippen LogP contribution >= 0.6 is 0 Å². The van der Waals surface area contributed by atoms with Crippen LogP contribution in [0, 0.1) is 5.82 Å². The maximum atomic E-state index is 13.0. The first-order chi connectivity index (χ1) is 8.63. The van der Waals surface area contributed by atoms with Gasteiger partial charge in [0.25, 0.3) is 0 Å². The van der Waals surface area contributed by atoms with Gasteiger partial charge in [-0.3, -0.25) is 0 Å². The highest BCUT2D eigenvalue weighted by Crippen LogP contribution is 2.36. The van der Waals surface area contributed by atoms with Gasteiger partial charge in [0.2, 0.25) is 0 Å². The van der Waals surface area contributed by atoms with E-state index in [0.717, 1.165) is 16.9 Å². The molecule has 0 unspecified atom stereocenters. The standard InChI is InChI=1S/C16H17FO/c1-11(2)14-5-4-6-15(16(14)18-3)12-7-9-13(17)10-8-12/h4-11H,1-3H3. The van der Waals surface area contributed by atoms with Crippen LogP contribution in [-0.2, 0) is 0 Å². The Bertz CT molecular complexity index is 529. The van der Waals surface area contributed by atoms with Gasteiger partial charge in [0.15, 0.2) is 0 Å². The lowest BCUT2D eigenvalue weighted by atomic mass is 9.95. The van der Waals surface area contributed by atoms with Crippen molar-refractivity contribution < 1.29 is 9.13 Å². The van der Waals surface area contributed by atoms with Crippen molar-refractivity contribution in [3.8, 4) is 16.9 Å². The van der Waals surface area contributed by atoms with Gasteiger partial charge < -0.3 is 4.74 Å². The van der Waals surface area contributed by atoms with Crippen molar-refractivity contribution in [3.63, 3.8) is 0 Å². The molecule has 2 aromatic rings. The summed E-state index contributed by atoms with van der Waals surface area (Å²) in [6.07, 6.45) is 0. The molecule has 0 saturated heterocycles. The number of para-hydroxylation sites is 1. The first kappa shape index (κ1) is 12.6. The molecule has 0 aliphatic heterocycles. The molecule has 2 aromatic carbocycles. The van der Waals surface area contributed by atoms with Gasteiger partial charge in [-0.1, -0.05) is 44.2 Å². The van der Waals surface area contributed by atoms with Crippen LogP contribution in [0.5, 0.6) is 5.75 Å². The van der Waals surface area contributed by atoms with Crippen LogP contribution < -0.4 is 4.74 Å². The van der Waals surface area contributed by atoms with Crippen LogP contribution in [0.1, 0.15) is 25.3 Å². The highest BCUT2D eigenvalue weighted by Gasteiger charge is 2.12. The minimum atomic E-state index is -0.224. The van der Waals surface area contributed by atoms with Crippen molar-refractivity contribution in [1.29, 1.82) is 0 Å². The number of hydrogen-bond acceptors (Lipinski definition) is 1. The predicted molar refractivity (Wildman–Crippen MR) is 72.5 cm³/mol. The van der Waals surface area contributed by atoms with Crippen LogP contribution in [0.2, 0.25) is 0 Å². The third-order valence-corrected chi connectivity index (χ3v) is 3.03. The lowest BCUT2D eigenvalue weighted by Crippen LogP contribution is -1.96. The molecular weight excluding hydrogens is 227 g/mol. The summed E-state index contributed by atoms with van der Waals surface area (Å²) in [5.74, 6) is 1.04. The molecule has 0 aliphatic carbocycles. The SMILES string of the molecule is COc1c(-c2ccc(F)cc2)cccc1C(C)C. The third kappa shape index (κ3) is 2.37. The topological polar surface area (TPSA) is 9.23 Å². The zero-order valence-electron chi connectivity index (χ0n) is 10.9. The number of ether oxygens (including phenoxy) is 1. The van der Waals surface area contributed by atoms with E-state index in [9.17, 15) is 4.39 Å². The highest BCUT2D eigenvalue weighted by atomic mass is 19.1. The molecule has 0 saturated carbocycles. The maximum absolute atomic E-state index is 13.0. The molecule has 1 nitrogen and oxygen atoms in total. The summed E-state index contributed by atoms with van der Waals surface area (Å²) in [6.45, 7) is 4.26. The average Bonchev–Trinajstić information content (AvgIpc) is 2.38. The van der Waals surface area contributed by atoms with Gasteiger partial charge in [0.1, 0.15) is 11.6 Å². The van der Waals surface area contributed by atoms with Gasteiger partial charge in [-0.05, 0) is 29.2 Å². The molecule has 0 fully saturated rings. The Hall–Kier alpha value is -1.83. The molecular formula is C16H17FO. The van der Waals surface area contributed by atoms with E-state index >= 15 is 0 Å². The van der Waals surface area contributed by atoms with Crippen LogP contribution in [0.25, 0.3) is 11.1 Å². The molecule has 0 heterocycles. The van der Waals surface area contributed by atoms with Gasteiger partial charge in [0.05, 0.1) is 7.11 Å². The molecule has 0 bridgehead atoms. The smallest absolute Gasteiger partial charge is 0.130 e. The summed E-state index contributed by atoms with van der Waals surface area (Å²) >= 11 is 0. The maximum Gasteiger partial charge on any atom is 0.130 e. The summed E-state index contributed by atoms with van der Waals surface area (Å²) in [7, 11) is 1.67. The molecule has 0 spiro atoms. The minimum Gasteiger partial charge on any atom is -0.496 e. The Morgan fingerprint density at radius 2 is 1.67 bits per heavy atom. The van der Waals surface area contributed by atoms with Gasteiger partial charge in [-0.15, -0.1) is 0 Å². The molecule has 0 N–H and O–H groups in total. The fraction of sp³-hybridized carbons (Fsp3) is 0.250. The lowest BCUT2D eigenvalue weighted by molar-refractivity contribution is 0.409. The second-order valence-corrected chi connectivity index (χ2v) is 4.59. The molecule has 94 valence electrons. The normalized spacial score (nSPS) is 10.7. The molecule has 0 aromatic heterocycles. The second kappa shape index (κ2) is 5.21. The molecule has 0 atom stereocenters. The van der Waals surface area contributed by atoms with Gasteiger partial charge >= 0.3 is 0 Å². The van der Waals surface area contributed by atoms with Crippen molar-refractivity contribution in [3.05, 3.63) is 53.8 Å². The van der Waals surface area contributed by atoms with Crippen molar-refractivity contribution in [1.82, 2.24) is 0 Å². The largest absolute Gasteiger partial charge is 0.496 e. The Labute approximate surface area is 107 Å². The van der Waals surface area contributed by atoms with Crippen LogP contribution in [-0.4, -0.2) is 7.11 Å².